The lowest BCUT2D eigenvalue weighted by Gasteiger charge is -2.13. The van der Waals surface area contributed by atoms with Crippen LogP contribution < -0.4 is 0 Å². The zero-order valence-electron chi connectivity index (χ0n) is 18.4. The van der Waals surface area contributed by atoms with Gasteiger partial charge in [0, 0.05) is 13.4 Å². The second-order valence-corrected chi connectivity index (χ2v) is 11.5. The van der Waals surface area contributed by atoms with Crippen LogP contribution in [0.3, 0.4) is 0 Å². The summed E-state index contributed by atoms with van der Waals surface area (Å²) < 4.78 is 3.40. The molecule has 0 aliphatic rings. The van der Waals surface area contributed by atoms with E-state index in [2.05, 4.69) is 151 Å². The van der Waals surface area contributed by atoms with Crippen molar-refractivity contribution in [2.24, 2.45) is 0 Å². The molecule has 0 unspecified atom stereocenters. The van der Waals surface area contributed by atoms with E-state index in [1.165, 1.54) is 64.6 Å². The van der Waals surface area contributed by atoms with E-state index in [9.17, 15) is 0 Å². The van der Waals surface area contributed by atoms with E-state index in [4.69, 9.17) is 0 Å². The van der Waals surface area contributed by atoms with Crippen LogP contribution in [0.4, 0.5) is 0 Å². The van der Waals surface area contributed by atoms with Crippen molar-refractivity contribution in [2.45, 2.75) is 0 Å². The van der Waals surface area contributed by atoms with Crippen molar-refractivity contribution >= 4 is 112 Å². The molecule has 0 saturated heterocycles. The second-order valence-electron chi connectivity index (χ2n) is 8.92. The summed E-state index contributed by atoms with van der Waals surface area (Å²) in [6.45, 7) is 0. The van der Waals surface area contributed by atoms with Gasteiger partial charge in [-0.2, -0.15) is 0 Å². The Hall–Kier alpha value is -2.72. The minimum absolute atomic E-state index is 1.13. The highest BCUT2D eigenvalue weighted by atomic mass is 79.9. The maximum Gasteiger partial charge on any atom is 0.0265 e. The lowest BCUT2D eigenvalue weighted by atomic mass is 9.94. The van der Waals surface area contributed by atoms with Crippen molar-refractivity contribution < 1.29 is 0 Å². The Kier molecular flexibility index (Phi) is 5.03. The maximum atomic E-state index is 3.67. The summed E-state index contributed by atoms with van der Waals surface area (Å²) >= 11 is 11.0. The Labute approximate surface area is 227 Å². The number of halogens is 3. The smallest absolute Gasteiger partial charge is 0.0265 e. The first kappa shape index (κ1) is 21.6. The molecule has 8 rings (SSSR count). The SMILES string of the molecule is Brc1ccc2ccc3c(Br)cc(Br)c4ccc1c2c34.c1cc2ccc3cccc4ccc(c1)c2c34. The molecule has 0 saturated carbocycles. The summed E-state index contributed by atoms with van der Waals surface area (Å²) in [6.07, 6.45) is 0. The zero-order chi connectivity index (χ0) is 23.7. The highest BCUT2D eigenvalue weighted by molar-refractivity contribution is 9.11. The first-order valence-electron chi connectivity index (χ1n) is 11.4. The van der Waals surface area contributed by atoms with E-state index < -0.39 is 0 Å². The van der Waals surface area contributed by atoms with Gasteiger partial charge >= 0.3 is 0 Å². The number of rotatable bonds is 0. The molecule has 0 N–H and O–H groups in total. The predicted octanol–water partition coefficient (Wildman–Crippen LogP) is 11.5. The highest BCUT2D eigenvalue weighted by Gasteiger charge is 2.13. The Morgan fingerprint density at radius 2 is 0.686 bits per heavy atom. The van der Waals surface area contributed by atoms with Crippen LogP contribution >= 0.6 is 47.8 Å². The molecule has 0 aromatic heterocycles. The number of hydrogen-bond acceptors (Lipinski definition) is 0. The average molecular weight is 641 g/mol. The molecule has 3 heteroatoms. The van der Waals surface area contributed by atoms with E-state index in [0.29, 0.717) is 0 Å². The van der Waals surface area contributed by atoms with Gasteiger partial charge < -0.3 is 0 Å². The molecule has 0 aliphatic carbocycles. The van der Waals surface area contributed by atoms with Gasteiger partial charge in [0.25, 0.3) is 0 Å². The molecule has 35 heavy (non-hydrogen) atoms. The summed E-state index contributed by atoms with van der Waals surface area (Å²) in [5, 5.41) is 15.8. The first-order chi connectivity index (χ1) is 17.1. The van der Waals surface area contributed by atoms with Gasteiger partial charge in [0.05, 0.1) is 0 Å². The summed E-state index contributed by atoms with van der Waals surface area (Å²) in [7, 11) is 0. The second kappa shape index (κ2) is 8.16. The van der Waals surface area contributed by atoms with Gasteiger partial charge in [-0.05, 0) is 76.8 Å². The van der Waals surface area contributed by atoms with E-state index >= 15 is 0 Å². The van der Waals surface area contributed by atoms with Crippen molar-refractivity contribution in [2.75, 3.05) is 0 Å². The first-order valence-corrected chi connectivity index (χ1v) is 13.8. The molecule has 0 fully saturated rings. The standard InChI is InChI=1S/C16H7Br3.C16H10/c17-12-6-2-8-1-3-10-13(18)7-14(19)11-5-4-9(12)15(8)16(10)11;1-3-11-7-9-13-5-2-6-14-10-8-12(4-1)15(11)16(13)14/h1-7H;1-10H. The van der Waals surface area contributed by atoms with Crippen molar-refractivity contribution in [1.29, 1.82) is 0 Å². The monoisotopic (exact) mass is 638 g/mol. The Balaban J connectivity index is 0.000000122. The fourth-order valence-electron chi connectivity index (χ4n) is 5.45. The molecular weight excluding hydrogens is 624 g/mol. The molecule has 0 radical (unpaired) electrons. The molecule has 8 aromatic rings. The maximum absolute atomic E-state index is 3.67. The fraction of sp³-hybridized carbons (Fsp3) is 0. The van der Waals surface area contributed by atoms with E-state index in [-0.39, 0.29) is 0 Å². The predicted molar refractivity (Wildman–Crippen MR) is 163 cm³/mol. The van der Waals surface area contributed by atoms with Crippen LogP contribution in [0.2, 0.25) is 0 Å². The summed E-state index contributed by atoms with van der Waals surface area (Å²) in [6, 6.07) is 37.0. The van der Waals surface area contributed by atoms with Gasteiger partial charge in [-0.15, -0.1) is 0 Å². The van der Waals surface area contributed by atoms with Crippen LogP contribution in [0.25, 0.3) is 64.6 Å². The summed E-state index contributed by atoms with van der Waals surface area (Å²) in [5.41, 5.74) is 0. The quantitative estimate of drug-likeness (QED) is 0.145. The van der Waals surface area contributed by atoms with Crippen LogP contribution in [0.5, 0.6) is 0 Å². The minimum atomic E-state index is 1.13. The number of hydrogen-bond donors (Lipinski definition) is 0. The van der Waals surface area contributed by atoms with Gasteiger partial charge in [0.2, 0.25) is 0 Å². The molecule has 0 atom stereocenters. The van der Waals surface area contributed by atoms with Gasteiger partial charge in [-0.1, -0.05) is 139 Å². The van der Waals surface area contributed by atoms with Crippen LogP contribution in [-0.2, 0) is 0 Å². The average Bonchev–Trinajstić information content (AvgIpc) is 2.89. The molecule has 0 heterocycles. The fourth-order valence-corrected chi connectivity index (χ4v) is 7.34. The number of benzene rings is 8. The van der Waals surface area contributed by atoms with Crippen molar-refractivity contribution in [3.05, 3.63) is 117 Å². The largest absolute Gasteiger partial charge is 0.0610 e. The highest BCUT2D eigenvalue weighted by Crippen LogP contribution is 2.42. The lowest BCUT2D eigenvalue weighted by Crippen LogP contribution is -1.86. The van der Waals surface area contributed by atoms with Crippen LogP contribution in [0.1, 0.15) is 0 Å². The van der Waals surface area contributed by atoms with Crippen LogP contribution in [0.15, 0.2) is 117 Å². The van der Waals surface area contributed by atoms with E-state index in [1.807, 2.05) is 0 Å². The molecule has 0 bridgehead atoms. The molecule has 0 aliphatic heterocycles. The third-order valence-electron chi connectivity index (χ3n) is 7.02. The van der Waals surface area contributed by atoms with Gasteiger partial charge in [-0.3, -0.25) is 0 Å². The third kappa shape index (κ3) is 3.29. The summed E-state index contributed by atoms with van der Waals surface area (Å²) in [5.74, 6) is 0. The molecule has 0 amide bonds. The topological polar surface area (TPSA) is 0 Å². The zero-order valence-corrected chi connectivity index (χ0v) is 23.2. The van der Waals surface area contributed by atoms with Crippen molar-refractivity contribution in [3.63, 3.8) is 0 Å². The molecule has 0 spiro atoms. The van der Waals surface area contributed by atoms with Crippen molar-refractivity contribution in [3.8, 4) is 0 Å². The Bertz CT molecular complexity index is 1890. The molecule has 0 nitrogen and oxygen atoms in total. The van der Waals surface area contributed by atoms with Gasteiger partial charge in [0.1, 0.15) is 0 Å². The van der Waals surface area contributed by atoms with Crippen LogP contribution in [-0.4, -0.2) is 0 Å². The van der Waals surface area contributed by atoms with E-state index in [1.54, 1.807) is 0 Å². The molecular formula is C32H17Br3. The minimum Gasteiger partial charge on any atom is -0.0610 e. The summed E-state index contributed by atoms with van der Waals surface area (Å²) in [4.78, 5) is 0. The normalized spacial score (nSPS) is 11.9. The Morgan fingerprint density at radius 1 is 0.314 bits per heavy atom. The molecule has 8 aromatic carbocycles. The van der Waals surface area contributed by atoms with E-state index in [0.717, 1.165) is 13.4 Å². The van der Waals surface area contributed by atoms with Crippen molar-refractivity contribution in [1.82, 2.24) is 0 Å². The van der Waals surface area contributed by atoms with Gasteiger partial charge in [-0.25, -0.2) is 0 Å². The Morgan fingerprint density at radius 3 is 1.20 bits per heavy atom. The van der Waals surface area contributed by atoms with Crippen LogP contribution in [0, 0.1) is 0 Å². The van der Waals surface area contributed by atoms with Gasteiger partial charge in [0.15, 0.2) is 0 Å². The molecule has 166 valence electrons. The lowest BCUT2D eigenvalue weighted by molar-refractivity contribution is 1.70. The third-order valence-corrected chi connectivity index (χ3v) is 9.02.